The number of para-hydroxylation sites is 1. The van der Waals surface area contributed by atoms with E-state index in [0.717, 1.165) is 21.7 Å². The molecule has 0 spiro atoms. The van der Waals surface area contributed by atoms with Gasteiger partial charge in [-0.2, -0.15) is 0 Å². The monoisotopic (exact) mass is 353 g/mol. The van der Waals surface area contributed by atoms with E-state index in [2.05, 4.69) is 25.3 Å². The number of rotatable bonds is 3. The van der Waals surface area contributed by atoms with Gasteiger partial charge in [-0.1, -0.05) is 18.2 Å². The molecule has 1 heterocycles. The molecule has 0 N–H and O–H groups in total. The van der Waals surface area contributed by atoms with E-state index in [9.17, 15) is 10.1 Å². The van der Waals surface area contributed by atoms with Gasteiger partial charge in [-0.3, -0.25) is 19.7 Å². The summed E-state index contributed by atoms with van der Waals surface area (Å²) in [6.07, 6.45) is 0. The van der Waals surface area contributed by atoms with Gasteiger partial charge >= 0.3 is 0 Å². The van der Waals surface area contributed by atoms with Gasteiger partial charge < -0.3 is 0 Å². The molecule has 6 heteroatoms. The van der Waals surface area contributed by atoms with Crippen LogP contribution >= 0.6 is 11.3 Å². The Morgan fingerprint density at radius 2 is 1.68 bits per heavy atom. The zero-order valence-electron chi connectivity index (χ0n) is 14.3. The maximum Gasteiger partial charge on any atom is 0.269 e. The molecule has 0 bridgehead atoms. The van der Waals surface area contributed by atoms with Crippen molar-refractivity contribution in [1.29, 1.82) is 0 Å². The fourth-order valence-corrected chi connectivity index (χ4v) is 3.55. The number of aromatic nitrogens is 1. The van der Waals surface area contributed by atoms with Gasteiger partial charge in [0.25, 0.3) is 5.69 Å². The predicted molar refractivity (Wildman–Crippen MR) is 101 cm³/mol. The fraction of sp³-hybridized carbons (Fsp3) is 0.211. The average molecular weight is 353 g/mol. The number of hydrogen-bond acceptors (Lipinski definition) is 4. The maximum atomic E-state index is 10.9. The van der Waals surface area contributed by atoms with Gasteiger partial charge in [0.2, 0.25) is 0 Å². The molecule has 3 aromatic rings. The molecule has 25 heavy (non-hydrogen) atoms. The van der Waals surface area contributed by atoms with Gasteiger partial charge in [0, 0.05) is 23.2 Å². The van der Waals surface area contributed by atoms with Crippen LogP contribution in [0.3, 0.4) is 0 Å². The van der Waals surface area contributed by atoms with E-state index in [0.29, 0.717) is 0 Å². The average Bonchev–Trinajstić information content (AvgIpc) is 2.97. The highest BCUT2D eigenvalue weighted by Crippen LogP contribution is 2.25. The molecule has 0 amide bonds. The smallest absolute Gasteiger partial charge is 0.269 e. The summed E-state index contributed by atoms with van der Waals surface area (Å²) in [5, 5.41) is 12.9. The molecule has 0 aliphatic carbocycles. The van der Waals surface area contributed by atoms with Crippen LogP contribution in [-0.4, -0.2) is 15.0 Å². The van der Waals surface area contributed by atoms with Gasteiger partial charge in [-0.05, 0) is 50.6 Å². The number of benzene rings is 2. The molecule has 1 aromatic heterocycles. The summed E-state index contributed by atoms with van der Waals surface area (Å²) < 4.78 is 2.09. The first-order valence-electron chi connectivity index (χ1n) is 7.92. The molecule has 0 radical (unpaired) electrons. The van der Waals surface area contributed by atoms with E-state index in [1.165, 1.54) is 12.1 Å². The normalized spacial score (nSPS) is 12.4. The van der Waals surface area contributed by atoms with Gasteiger partial charge in [-0.15, -0.1) is 11.3 Å². The molecular formula is C19H19N3O2S. The summed E-state index contributed by atoms with van der Waals surface area (Å²) >= 11 is 1.57. The van der Waals surface area contributed by atoms with Crippen molar-refractivity contribution in [3.63, 3.8) is 0 Å². The molecule has 0 fully saturated rings. The summed E-state index contributed by atoms with van der Waals surface area (Å²) in [7, 11) is 0. The Morgan fingerprint density at radius 3 is 2.24 bits per heavy atom. The highest BCUT2D eigenvalue weighted by Gasteiger charge is 2.14. The van der Waals surface area contributed by atoms with E-state index in [-0.39, 0.29) is 16.1 Å². The van der Waals surface area contributed by atoms with E-state index >= 15 is 0 Å². The molecule has 0 aliphatic heterocycles. The van der Waals surface area contributed by atoms with Crippen molar-refractivity contribution < 1.29 is 4.92 Å². The minimum absolute atomic E-state index is 0.0878. The minimum atomic E-state index is -0.386. The van der Waals surface area contributed by atoms with Crippen molar-refractivity contribution in [2.24, 2.45) is 4.99 Å². The molecule has 128 valence electrons. The molecule has 0 saturated carbocycles. The summed E-state index contributed by atoms with van der Waals surface area (Å²) in [6.45, 7) is 6.19. The Balaban J connectivity index is 2.21. The van der Waals surface area contributed by atoms with Crippen LogP contribution in [0.2, 0.25) is 0 Å². The van der Waals surface area contributed by atoms with Gasteiger partial charge in [0.05, 0.1) is 16.2 Å². The van der Waals surface area contributed by atoms with Crippen LogP contribution in [0, 0.1) is 10.1 Å². The molecule has 2 aromatic carbocycles. The minimum Gasteiger partial charge on any atom is -0.285 e. The van der Waals surface area contributed by atoms with Crippen molar-refractivity contribution in [2.75, 3.05) is 0 Å². The Kier molecular flexibility index (Phi) is 4.55. The Labute approximate surface area is 150 Å². The lowest BCUT2D eigenvalue weighted by molar-refractivity contribution is -0.384. The van der Waals surface area contributed by atoms with Crippen LogP contribution in [-0.2, 0) is 0 Å². The number of nitro groups is 1. The third-order valence-electron chi connectivity index (χ3n) is 3.53. The fourth-order valence-electron chi connectivity index (χ4n) is 2.46. The number of hydrogen-bond donors (Lipinski definition) is 0. The number of non-ortho nitro benzene ring substituents is 1. The largest absolute Gasteiger partial charge is 0.285 e. The second kappa shape index (κ2) is 6.64. The van der Waals surface area contributed by atoms with E-state index in [1.807, 2.05) is 35.7 Å². The molecule has 0 unspecified atom stereocenters. The van der Waals surface area contributed by atoms with E-state index in [1.54, 1.807) is 23.5 Å². The highest BCUT2D eigenvalue weighted by atomic mass is 32.1. The first kappa shape index (κ1) is 17.1. The van der Waals surface area contributed by atoms with Gasteiger partial charge in [0.15, 0.2) is 4.80 Å². The quantitative estimate of drug-likeness (QED) is 0.501. The number of nitro benzene ring substituents is 1. The summed E-state index contributed by atoms with van der Waals surface area (Å²) in [6, 6.07) is 16.6. The maximum absolute atomic E-state index is 10.9. The topological polar surface area (TPSA) is 60.4 Å². The lowest BCUT2D eigenvalue weighted by Gasteiger charge is -2.13. The predicted octanol–water partition coefficient (Wildman–Crippen LogP) is 4.81. The lowest BCUT2D eigenvalue weighted by atomic mass is 10.1. The van der Waals surface area contributed by atoms with E-state index < -0.39 is 0 Å². The third-order valence-corrected chi connectivity index (χ3v) is 4.35. The zero-order valence-corrected chi connectivity index (χ0v) is 15.2. The van der Waals surface area contributed by atoms with Crippen LogP contribution in [0.5, 0.6) is 0 Å². The standard InChI is InChI=1S/C19H19N3O2S/c1-19(2,3)20-18-21(15-7-5-4-6-8-15)17(13-25-18)14-9-11-16(12-10-14)22(23)24/h4-13H,1-3H3. The van der Waals surface area contributed by atoms with Crippen LogP contribution in [0.4, 0.5) is 5.69 Å². The molecule has 0 aliphatic rings. The first-order chi connectivity index (χ1) is 11.8. The molecular weight excluding hydrogens is 334 g/mol. The SMILES string of the molecule is CC(C)(C)N=c1scc(-c2ccc([N+](=O)[O-])cc2)n1-c1ccccc1. The van der Waals surface area contributed by atoms with Crippen molar-refractivity contribution in [1.82, 2.24) is 4.57 Å². The van der Waals surface area contributed by atoms with Crippen molar-refractivity contribution >= 4 is 17.0 Å². The Hall–Kier alpha value is -2.73. The summed E-state index contributed by atoms with van der Waals surface area (Å²) in [4.78, 5) is 16.2. The number of thiazole rings is 1. The summed E-state index contributed by atoms with van der Waals surface area (Å²) in [5.74, 6) is 0. The van der Waals surface area contributed by atoms with Crippen LogP contribution in [0.15, 0.2) is 65.0 Å². The zero-order chi connectivity index (χ0) is 18.0. The van der Waals surface area contributed by atoms with Crippen LogP contribution in [0.1, 0.15) is 20.8 Å². The first-order valence-corrected chi connectivity index (χ1v) is 8.80. The van der Waals surface area contributed by atoms with Gasteiger partial charge in [-0.25, -0.2) is 0 Å². The summed E-state index contributed by atoms with van der Waals surface area (Å²) in [5.41, 5.74) is 2.79. The second-order valence-electron chi connectivity index (χ2n) is 6.66. The Bertz CT molecular complexity index is 949. The molecule has 0 atom stereocenters. The highest BCUT2D eigenvalue weighted by molar-refractivity contribution is 7.07. The lowest BCUT2D eigenvalue weighted by Crippen LogP contribution is -2.21. The van der Waals surface area contributed by atoms with E-state index in [4.69, 9.17) is 4.99 Å². The van der Waals surface area contributed by atoms with Crippen molar-refractivity contribution in [3.05, 3.63) is 74.9 Å². The molecule has 0 saturated heterocycles. The molecule has 3 rings (SSSR count). The van der Waals surface area contributed by atoms with Crippen LogP contribution in [0.25, 0.3) is 16.9 Å². The molecule has 5 nitrogen and oxygen atoms in total. The van der Waals surface area contributed by atoms with Gasteiger partial charge in [0.1, 0.15) is 0 Å². The second-order valence-corrected chi connectivity index (χ2v) is 7.50. The van der Waals surface area contributed by atoms with Crippen molar-refractivity contribution in [2.45, 2.75) is 26.3 Å². The third kappa shape index (κ3) is 3.85. The van der Waals surface area contributed by atoms with Crippen LogP contribution < -0.4 is 4.80 Å². The Morgan fingerprint density at radius 1 is 1.04 bits per heavy atom. The van der Waals surface area contributed by atoms with Crippen molar-refractivity contribution in [3.8, 4) is 16.9 Å². The number of nitrogens with zero attached hydrogens (tertiary/aromatic N) is 3.